The molecule has 1 heterocycles. The number of aromatic nitrogens is 2. The lowest BCUT2D eigenvalue weighted by Gasteiger charge is -2.27. The van der Waals surface area contributed by atoms with Gasteiger partial charge in [-0.2, -0.15) is 0 Å². The largest absolute Gasteiger partial charge is 0.331 e. The van der Waals surface area contributed by atoms with Crippen LogP contribution in [0.2, 0.25) is 0 Å². The van der Waals surface area contributed by atoms with Crippen molar-refractivity contribution < 1.29 is 0 Å². The number of benzene rings is 2. The van der Waals surface area contributed by atoms with Crippen LogP contribution in [-0.4, -0.2) is 9.55 Å². The number of hydrogen-bond acceptors (Lipinski definition) is 1. The second-order valence-corrected chi connectivity index (χ2v) is 6.31. The van der Waals surface area contributed by atoms with Crippen molar-refractivity contribution in [2.24, 2.45) is 0 Å². The zero-order valence-electron chi connectivity index (χ0n) is 12.1. The summed E-state index contributed by atoms with van der Waals surface area (Å²) in [7, 11) is 0. The van der Waals surface area contributed by atoms with E-state index in [1.807, 2.05) is 0 Å². The minimum Gasteiger partial charge on any atom is -0.331 e. The summed E-state index contributed by atoms with van der Waals surface area (Å²) in [5.74, 6) is 0. The number of H-pyrrole nitrogens is 1. The molecule has 0 amide bonds. The molecule has 3 aromatic rings. The third-order valence-electron chi connectivity index (χ3n) is 4.52. The topological polar surface area (TPSA) is 20.7 Å². The molecule has 0 aliphatic heterocycles. The van der Waals surface area contributed by atoms with Gasteiger partial charge in [0, 0.05) is 0 Å². The molecular formula is C18H18N2S. The van der Waals surface area contributed by atoms with Crippen LogP contribution in [0.4, 0.5) is 0 Å². The van der Waals surface area contributed by atoms with Gasteiger partial charge in [0.05, 0.1) is 17.1 Å². The van der Waals surface area contributed by atoms with Gasteiger partial charge in [0.1, 0.15) is 0 Å². The first kappa shape index (κ1) is 12.8. The first-order valence-corrected chi connectivity index (χ1v) is 7.93. The molecule has 21 heavy (non-hydrogen) atoms. The fraction of sp³-hybridized carbons (Fsp3) is 0.278. The number of nitrogens with zero attached hydrogens (tertiary/aromatic N) is 1. The molecule has 1 unspecified atom stereocenters. The van der Waals surface area contributed by atoms with Crippen molar-refractivity contribution in [1.82, 2.24) is 9.55 Å². The second-order valence-electron chi connectivity index (χ2n) is 5.93. The molecule has 106 valence electrons. The van der Waals surface area contributed by atoms with E-state index in [9.17, 15) is 0 Å². The molecular weight excluding hydrogens is 276 g/mol. The molecule has 0 spiro atoms. The molecule has 3 heteroatoms. The van der Waals surface area contributed by atoms with Gasteiger partial charge in [0.25, 0.3) is 0 Å². The summed E-state index contributed by atoms with van der Waals surface area (Å²) >= 11 is 5.61. The van der Waals surface area contributed by atoms with Gasteiger partial charge < -0.3 is 9.55 Å². The zero-order valence-corrected chi connectivity index (χ0v) is 12.9. The number of fused-ring (bicyclic) bond motifs is 2. The van der Waals surface area contributed by atoms with Crippen molar-refractivity contribution in [2.75, 3.05) is 0 Å². The van der Waals surface area contributed by atoms with Crippen LogP contribution in [0.15, 0.2) is 42.5 Å². The van der Waals surface area contributed by atoms with Crippen LogP contribution in [0.25, 0.3) is 11.0 Å². The summed E-state index contributed by atoms with van der Waals surface area (Å²) in [5.41, 5.74) is 6.52. The molecule has 0 saturated carbocycles. The summed E-state index contributed by atoms with van der Waals surface area (Å²) in [6.07, 6.45) is 3.57. The lowest BCUT2D eigenvalue weighted by molar-refractivity contribution is 0.495. The normalized spacial score (nSPS) is 17.9. The number of aryl methyl sites for hydroxylation is 2. The molecule has 2 nitrogen and oxygen atoms in total. The molecule has 0 saturated heterocycles. The van der Waals surface area contributed by atoms with Gasteiger partial charge in [-0.25, -0.2) is 0 Å². The van der Waals surface area contributed by atoms with Crippen LogP contribution in [0, 0.1) is 11.7 Å². The Kier molecular flexibility index (Phi) is 2.96. The summed E-state index contributed by atoms with van der Waals surface area (Å²) in [5, 5.41) is 0. The molecule has 0 bridgehead atoms. The summed E-state index contributed by atoms with van der Waals surface area (Å²) in [6.45, 7) is 2.11. The van der Waals surface area contributed by atoms with Crippen LogP contribution >= 0.6 is 12.2 Å². The Morgan fingerprint density at radius 1 is 1.19 bits per heavy atom. The smallest absolute Gasteiger partial charge is 0.178 e. The number of hydrogen-bond donors (Lipinski definition) is 1. The highest BCUT2D eigenvalue weighted by molar-refractivity contribution is 7.71. The summed E-state index contributed by atoms with van der Waals surface area (Å²) < 4.78 is 3.14. The SMILES string of the molecule is Cc1ccc2c(c1)[nH]c(=S)n2C1CCCc2ccccc21. The van der Waals surface area contributed by atoms with Crippen molar-refractivity contribution in [3.05, 3.63) is 63.9 Å². The van der Waals surface area contributed by atoms with E-state index in [2.05, 4.69) is 58.9 Å². The third kappa shape index (κ3) is 2.04. The zero-order chi connectivity index (χ0) is 14.4. The average Bonchev–Trinajstić information content (AvgIpc) is 2.81. The molecule has 2 aromatic carbocycles. The Labute approximate surface area is 129 Å². The van der Waals surface area contributed by atoms with E-state index in [1.54, 1.807) is 0 Å². The van der Waals surface area contributed by atoms with E-state index in [4.69, 9.17) is 12.2 Å². The molecule has 1 aromatic heterocycles. The average molecular weight is 294 g/mol. The highest BCUT2D eigenvalue weighted by atomic mass is 32.1. The highest BCUT2D eigenvalue weighted by Crippen LogP contribution is 2.35. The predicted molar refractivity (Wildman–Crippen MR) is 89.4 cm³/mol. The number of rotatable bonds is 1. The molecule has 1 aliphatic rings. The first-order valence-electron chi connectivity index (χ1n) is 7.53. The molecule has 0 fully saturated rings. The predicted octanol–water partition coefficient (Wildman–Crippen LogP) is 4.93. The van der Waals surface area contributed by atoms with Gasteiger partial charge in [0.2, 0.25) is 0 Å². The standard InChI is InChI=1S/C18H18N2S/c1-12-9-10-17-15(11-12)19-18(21)20(17)16-8-4-6-13-5-2-3-7-14(13)16/h2-3,5,7,9-11,16H,4,6,8H2,1H3,(H,19,21). The molecule has 1 atom stereocenters. The van der Waals surface area contributed by atoms with Crippen molar-refractivity contribution in [1.29, 1.82) is 0 Å². The third-order valence-corrected chi connectivity index (χ3v) is 4.82. The molecule has 1 aliphatic carbocycles. The van der Waals surface area contributed by atoms with E-state index in [0.717, 1.165) is 16.7 Å². The van der Waals surface area contributed by atoms with Gasteiger partial charge in [0.15, 0.2) is 4.77 Å². The van der Waals surface area contributed by atoms with E-state index in [0.29, 0.717) is 6.04 Å². The maximum atomic E-state index is 5.61. The van der Waals surface area contributed by atoms with Gasteiger partial charge in [-0.15, -0.1) is 0 Å². The number of aromatic amines is 1. The number of nitrogens with one attached hydrogen (secondary N) is 1. The molecule has 4 rings (SSSR count). The Balaban J connectivity index is 1.96. The molecule has 1 N–H and O–H groups in total. The van der Waals surface area contributed by atoms with Crippen molar-refractivity contribution >= 4 is 23.3 Å². The Hall–Kier alpha value is -1.87. The fourth-order valence-electron chi connectivity index (χ4n) is 3.55. The summed E-state index contributed by atoms with van der Waals surface area (Å²) in [6, 6.07) is 15.7. The Bertz CT molecular complexity index is 872. The van der Waals surface area contributed by atoms with E-state index in [1.165, 1.54) is 35.0 Å². The minimum atomic E-state index is 0.360. The van der Waals surface area contributed by atoms with E-state index >= 15 is 0 Å². The second kappa shape index (κ2) is 4.85. The lowest BCUT2D eigenvalue weighted by atomic mass is 9.87. The minimum absolute atomic E-state index is 0.360. The Morgan fingerprint density at radius 2 is 2.05 bits per heavy atom. The fourth-order valence-corrected chi connectivity index (χ4v) is 3.89. The van der Waals surface area contributed by atoms with E-state index < -0.39 is 0 Å². The lowest BCUT2D eigenvalue weighted by Crippen LogP contribution is -2.17. The monoisotopic (exact) mass is 294 g/mol. The van der Waals surface area contributed by atoms with Gasteiger partial charge >= 0.3 is 0 Å². The van der Waals surface area contributed by atoms with Gasteiger partial charge in [-0.05, 0) is 67.2 Å². The van der Waals surface area contributed by atoms with Crippen molar-refractivity contribution in [3.63, 3.8) is 0 Å². The molecule has 0 radical (unpaired) electrons. The Morgan fingerprint density at radius 3 is 2.95 bits per heavy atom. The van der Waals surface area contributed by atoms with Crippen molar-refractivity contribution in [2.45, 2.75) is 32.2 Å². The number of imidazole rings is 1. The highest BCUT2D eigenvalue weighted by Gasteiger charge is 2.23. The maximum absolute atomic E-state index is 5.61. The van der Waals surface area contributed by atoms with Crippen LogP contribution < -0.4 is 0 Å². The maximum Gasteiger partial charge on any atom is 0.178 e. The summed E-state index contributed by atoms with van der Waals surface area (Å²) in [4.78, 5) is 3.37. The van der Waals surface area contributed by atoms with Crippen molar-refractivity contribution in [3.8, 4) is 0 Å². The van der Waals surface area contributed by atoms with E-state index in [-0.39, 0.29) is 0 Å². The van der Waals surface area contributed by atoms with Gasteiger partial charge in [-0.3, -0.25) is 0 Å². The van der Waals surface area contributed by atoms with Crippen LogP contribution in [0.5, 0.6) is 0 Å². The van der Waals surface area contributed by atoms with Crippen LogP contribution in [0.3, 0.4) is 0 Å². The van der Waals surface area contributed by atoms with Crippen LogP contribution in [-0.2, 0) is 6.42 Å². The quantitative estimate of drug-likeness (QED) is 0.631. The first-order chi connectivity index (χ1) is 10.2. The van der Waals surface area contributed by atoms with Gasteiger partial charge in [-0.1, -0.05) is 30.3 Å². The van der Waals surface area contributed by atoms with Crippen LogP contribution in [0.1, 0.15) is 35.6 Å².